The van der Waals surface area contributed by atoms with Crippen LogP contribution < -0.4 is 0 Å². The molecule has 0 spiro atoms. The zero-order valence-corrected chi connectivity index (χ0v) is 12.1. The lowest BCUT2D eigenvalue weighted by Crippen LogP contribution is -2.06. The first-order chi connectivity index (χ1) is 9.09. The fourth-order valence-electron chi connectivity index (χ4n) is 1.82. The van der Waals surface area contributed by atoms with Crippen LogP contribution in [0.2, 0.25) is 0 Å². The Morgan fingerprint density at radius 3 is 2.21 bits per heavy atom. The van der Waals surface area contributed by atoms with E-state index in [1.807, 2.05) is 17.1 Å². The molecule has 0 amide bonds. The van der Waals surface area contributed by atoms with Crippen LogP contribution in [0.4, 0.5) is 0 Å². The molecule has 2 heterocycles. The largest absolute Gasteiger partial charge is 0.250 e. The van der Waals surface area contributed by atoms with Gasteiger partial charge in [-0.15, -0.1) is 10.2 Å². The van der Waals surface area contributed by atoms with Crippen molar-refractivity contribution in [2.75, 3.05) is 0 Å². The first-order valence-corrected chi connectivity index (χ1v) is 6.85. The lowest BCUT2D eigenvalue weighted by Gasteiger charge is -2.07. The van der Waals surface area contributed by atoms with E-state index in [0.29, 0.717) is 12.1 Å². The number of hydrogen-bond acceptors (Lipinski definition) is 4. The summed E-state index contributed by atoms with van der Waals surface area (Å²) >= 11 is 0. The first-order valence-electron chi connectivity index (χ1n) is 6.85. The molecule has 104 valence electrons. The van der Waals surface area contributed by atoms with Crippen LogP contribution in [0.15, 0.2) is 18.6 Å². The molecule has 1 aliphatic carbocycles. The maximum absolute atomic E-state index is 4.04. The van der Waals surface area contributed by atoms with E-state index in [1.165, 1.54) is 18.5 Å². The fourth-order valence-corrected chi connectivity index (χ4v) is 1.82. The Hall–Kier alpha value is -1.72. The van der Waals surface area contributed by atoms with Crippen LogP contribution in [-0.4, -0.2) is 30.0 Å². The maximum Gasteiger partial charge on any atom is 0.0728 e. The highest BCUT2D eigenvalue weighted by Gasteiger charge is 2.28. The minimum Gasteiger partial charge on any atom is -0.250 e. The summed E-state index contributed by atoms with van der Waals surface area (Å²) in [5, 5.41) is 15.4. The van der Waals surface area contributed by atoms with E-state index in [-0.39, 0.29) is 0 Å². The van der Waals surface area contributed by atoms with Crippen molar-refractivity contribution >= 4 is 0 Å². The molecule has 0 saturated heterocycles. The van der Waals surface area contributed by atoms with E-state index >= 15 is 0 Å². The average molecular weight is 262 g/mol. The summed E-state index contributed by atoms with van der Waals surface area (Å²) in [5.74, 6) is 0.757. The van der Waals surface area contributed by atoms with Gasteiger partial charge >= 0.3 is 0 Å². The quantitative estimate of drug-likeness (QED) is 0.853. The summed E-state index contributed by atoms with van der Waals surface area (Å²) in [5.41, 5.74) is 1.32. The fraction of sp³-hybridized carbons (Fsp3) is 0.692. The maximum atomic E-state index is 4.04. The van der Waals surface area contributed by atoms with Crippen molar-refractivity contribution in [3.05, 3.63) is 24.3 Å². The van der Waals surface area contributed by atoms with Crippen molar-refractivity contribution in [1.29, 1.82) is 0 Å². The lowest BCUT2D eigenvalue weighted by molar-refractivity contribution is 0.494. The van der Waals surface area contributed by atoms with E-state index < -0.39 is 0 Å². The molecule has 0 bridgehead atoms. The summed E-state index contributed by atoms with van der Waals surface area (Å²) < 4.78 is 3.83. The summed E-state index contributed by atoms with van der Waals surface area (Å²) in [6.07, 6.45) is 8.07. The van der Waals surface area contributed by atoms with E-state index in [1.54, 1.807) is 10.9 Å². The third-order valence-electron chi connectivity index (χ3n) is 3.06. The second-order valence-electron chi connectivity index (χ2n) is 5.45. The predicted molar refractivity (Wildman–Crippen MR) is 72.8 cm³/mol. The molecule has 1 saturated carbocycles. The summed E-state index contributed by atoms with van der Waals surface area (Å²) in [6, 6.07) is 0.880. The molecule has 1 aliphatic rings. The summed E-state index contributed by atoms with van der Waals surface area (Å²) in [7, 11) is 0. The molecule has 19 heavy (non-hydrogen) atoms. The Morgan fingerprint density at radius 1 is 1.05 bits per heavy atom. The van der Waals surface area contributed by atoms with Gasteiger partial charge in [-0.1, -0.05) is 10.4 Å². The zero-order chi connectivity index (χ0) is 13.8. The molecule has 6 heteroatoms. The standard InChI is InChI=1S/C8H13N3.C5H9N3/c1-6(2)11-8(5-9-10-11)7-3-4-7;1-5(2)8-4-3-6-7-8/h5-7H,3-4H2,1-2H3;3-5H,1-2H3. The Labute approximate surface area is 113 Å². The third kappa shape index (κ3) is 3.62. The predicted octanol–water partition coefficient (Wildman–Crippen LogP) is 2.60. The molecule has 0 radical (unpaired) electrons. The van der Waals surface area contributed by atoms with Crippen LogP contribution in [0.3, 0.4) is 0 Å². The highest BCUT2D eigenvalue weighted by Crippen LogP contribution is 2.40. The van der Waals surface area contributed by atoms with Crippen molar-refractivity contribution in [2.24, 2.45) is 0 Å². The number of aromatic nitrogens is 6. The normalized spacial score (nSPS) is 14.6. The molecule has 2 aromatic heterocycles. The average Bonchev–Trinajstić information content (AvgIpc) is 2.91. The van der Waals surface area contributed by atoms with Crippen molar-refractivity contribution < 1.29 is 0 Å². The molecular weight excluding hydrogens is 240 g/mol. The Bertz CT molecular complexity index is 464. The summed E-state index contributed by atoms with van der Waals surface area (Å²) in [6.45, 7) is 8.41. The second kappa shape index (κ2) is 5.95. The smallest absolute Gasteiger partial charge is 0.0728 e. The number of rotatable bonds is 3. The molecule has 6 nitrogen and oxygen atoms in total. The van der Waals surface area contributed by atoms with Gasteiger partial charge in [-0.3, -0.25) is 4.68 Å². The number of nitrogens with zero attached hydrogens (tertiary/aromatic N) is 6. The van der Waals surface area contributed by atoms with Crippen LogP contribution >= 0.6 is 0 Å². The van der Waals surface area contributed by atoms with E-state index in [4.69, 9.17) is 0 Å². The van der Waals surface area contributed by atoms with Crippen molar-refractivity contribution in [2.45, 2.75) is 58.5 Å². The first kappa shape index (κ1) is 13.7. The van der Waals surface area contributed by atoms with Crippen molar-refractivity contribution in [3.8, 4) is 0 Å². The monoisotopic (exact) mass is 262 g/mol. The molecule has 0 aromatic carbocycles. The minimum atomic E-state index is 0.428. The number of hydrogen-bond donors (Lipinski definition) is 0. The molecule has 3 rings (SSSR count). The van der Waals surface area contributed by atoms with Gasteiger partial charge in [0.25, 0.3) is 0 Å². The van der Waals surface area contributed by atoms with Gasteiger partial charge in [-0.25, -0.2) is 4.68 Å². The Morgan fingerprint density at radius 2 is 1.79 bits per heavy atom. The molecule has 0 atom stereocenters. The van der Waals surface area contributed by atoms with Gasteiger partial charge in [0, 0.05) is 24.2 Å². The third-order valence-corrected chi connectivity index (χ3v) is 3.06. The molecule has 0 aliphatic heterocycles. The highest BCUT2D eigenvalue weighted by atomic mass is 15.4. The molecular formula is C13H22N6. The SMILES string of the molecule is CC(C)n1ccnn1.CC(C)n1nncc1C1CC1. The molecule has 1 fully saturated rings. The second-order valence-corrected chi connectivity index (χ2v) is 5.45. The minimum absolute atomic E-state index is 0.428. The van der Waals surface area contributed by atoms with E-state index in [2.05, 4.69) is 48.3 Å². The van der Waals surface area contributed by atoms with Gasteiger partial charge < -0.3 is 0 Å². The molecule has 0 unspecified atom stereocenters. The van der Waals surface area contributed by atoms with E-state index in [0.717, 1.165) is 5.92 Å². The van der Waals surface area contributed by atoms with Gasteiger partial charge in [-0.05, 0) is 40.5 Å². The van der Waals surface area contributed by atoms with Crippen LogP contribution in [0.5, 0.6) is 0 Å². The van der Waals surface area contributed by atoms with Gasteiger partial charge in [0.05, 0.1) is 18.1 Å². The van der Waals surface area contributed by atoms with Crippen LogP contribution in [0, 0.1) is 0 Å². The van der Waals surface area contributed by atoms with Gasteiger partial charge in [0.2, 0.25) is 0 Å². The molecule has 2 aromatic rings. The van der Waals surface area contributed by atoms with Gasteiger partial charge in [-0.2, -0.15) is 0 Å². The Balaban J connectivity index is 0.000000148. The summed E-state index contributed by atoms with van der Waals surface area (Å²) in [4.78, 5) is 0. The zero-order valence-electron chi connectivity index (χ0n) is 12.1. The van der Waals surface area contributed by atoms with E-state index in [9.17, 15) is 0 Å². The highest BCUT2D eigenvalue weighted by molar-refractivity contribution is 5.10. The van der Waals surface area contributed by atoms with Crippen LogP contribution in [-0.2, 0) is 0 Å². The van der Waals surface area contributed by atoms with Gasteiger partial charge in [0.1, 0.15) is 0 Å². The van der Waals surface area contributed by atoms with Gasteiger partial charge in [0.15, 0.2) is 0 Å². The van der Waals surface area contributed by atoms with Crippen molar-refractivity contribution in [1.82, 2.24) is 30.0 Å². The van der Waals surface area contributed by atoms with Crippen molar-refractivity contribution in [3.63, 3.8) is 0 Å². The van der Waals surface area contributed by atoms with Crippen LogP contribution in [0.1, 0.15) is 64.2 Å². The Kier molecular flexibility index (Phi) is 4.29. The lowest BCUT2D eigenvalue weighted by atomic mass is 10.3. The molecule has 0 N–H and O–H groups in total. The topological polar surface area (TPSA) is 61.4 Å². The van der Waals surface area contributed by atoms with Crippen LogP contribution in [0.25, 0.3) is 0 Å².